The van der Waals surface area contributed by atoms with Crippen LogP contribution in [0.4, 0.5) is 0 Å². The number of esters is 6. The maximum absolute atomic E-state index is 13.0. The van der Waals surface area contributed by atoms with Crippen molar-refractivity contribution in [1.29, 1.82) is 0 Å². The molecule has 12 heteroatoms. The SMILES string of the molecule is COC(=O)C1CC(C(=O)OC)C(C(=O)OC)(C(=O)OC)C1(C(=O)OC)C(=O)OC. The van der Waals surface area contributed by atoms with Crippen LogP contribution in [0.2, 0.25) is 0 Å². The van der Waals surface area contributed by atoms with E-state index in [0.29, 0.717) is 0 Å². The first-order chi connectivity index (χ1) is 13.6. The summed E-state index contributed by atoms with van der Waals surface area (Å²) in [6, 6.07) is 0. The molecule has 2 atom stereocenters. The zero-order chi connectivity index (χ0) is 22.6. The Morgan fingerprint density at radius 3 is 0.931 bits per heavy atom. The molecule has 1 saturated carbocycles. The molecule has 2 unspecified atom stereocenters. The van der Waals surface area contributed by atoms with Gasteiger partial charge in [0.05, 0.1) is 54.5 Å². The molecule has 0 saturated heterocycles. The van der Waals surface area contributed by atoms with E-state index in [0.717, 1.165) is 42.7 Å². The van der Waals surface area contributed by atoms with Gasteiger partial charge >= 0.3 is 35.8 Å². The number of carbonyl (C=O) groups is 6. The van der Waals surface area contributed by atoms with Gasteiger partial charge < -0.3 is 28.4 Å². The minimum atomic E-state index is -2.98. The second-order valence-corrected chi connectivity index (χ2v) is 5.97. The van der Waals surface area contributed by atoms with E-state index in [1.54, 1.807) is 0 Å². The second-order valence-electron chi connectivity index (χ2n) is 5.97. The van der Waals surface area contributed by atoms with Crippen molar-refractivity contribution in [3.63, 3.8) is 0 Å². The summed E-state index contributed by atoms with van der Waals surface area (Å²) in [4.78, 5) is 77.0. The number of rotatable bonds is 6. The first-order valence-corrected chi connectivity index (χ1v) is 8.12. The Morgan fingerprint density at radius 2 is 0.759 bits per heavy atom. The maximum Gasteiger partial charge on any atom is 0.326 e. The lowest BCUT2D eigenvalue weighted by atomic mass is 9.59. The Labute approximate surface area is 165 Å². The molecule has 0 bridgehead atoms. The fourth-order valence-electron chi connectivity index (χ4n) is 3.99. The molecule has 12 nitrogen and oxygen atoms in total. The van der Waals surface area contributed by atoms with Gasteiger partial charge in [-0.05, 0) is 6.42 Å². The largest absolute Gasteiger partial charge is 0.469 e. The zero-order valence-corrected chi connectivity index (χ0v) is 16.8. The predicted molar refractivity (Wildman–Crippen MR) is 88.6 cm³/mol. The molecule has 0 heterocycles. The molecule has 1 aliphatic carbocycles. The zero-order valence-electron chi connectivity index (χ0n) is 16.8. The van der Waals surface area contributed by atoms with Crippen molar-refractivity contribution in [2.75, 3.05) is 42.7 Å². The monoisotopic (exact) mass is 418 g/mol. The molecule has 0 aromatic carbocycles. The average molecular weight is 418 g/mol. The number of methoxy groups -OCH3 is 6. The molecule has 0 aromatic heterocycles. The Kier molecular flexibility index (Phi) is 7.31. The van der Waals surface area contributed by atoms with Crippen LogP contribution in [0.1, 0.15) is 6.42 Å². The standard InChI is InChI=1S/C17H22O12/c1-24-10(18)8-7-9(11(19)25-2)17(14(22)28-5,15(23)29-6)16(8,12(20)26-3)13(21)27-4/h8-9H,7H2,1-6H3. The van der Waals surface area contributed by atoms with Crippen LogP contribution in [0.3, 0.4) is 0 Å². The first kappa shape index (κ1) is 23.9. The molecule has 0 N–H and O–H groups in total. The summed E-state index contributed by atoms with van der Waals surface area (Å²) < 4.78 is 28.0. The van der Waals surface area contributed by atoms with Crippen LogP contribution >= 0.6 is 0 Å². The summed E-state index contributed by atoms with van der Waals surface area (Å²) in [7, 11) is 5.31. The van der Waals surface area contributed by atoms with Gasteiger partial charge in [0.2, 0.25) is 10.8 Å². The second kappa shape index (κ2) is 8.88. The van der Waals surface area contributed by atoms with E-state index in [2.05, 4.69) is 28.4 Å². The quantitative estimate of drug-likeness (QED) is 0.283. The molecule has 29 heavy (non-hydrogen) atoms. The van der Waals surface area contributed by atoms with E-state index in [1.807, 2.05) is 0 Å². The molecule has 162 valence electrons. The normalized spacial score (nSPS) is 21.3. The molecule has 1 fully saturated rings. The summed E-state index contributed by atoms with van der Waals surface area (Å²) in [6.07, 6.45) is -0.673. The highest BCUT2D eigenvalue weighted by atomic mass is 16.6. The number of hydrogen-bond donors (Lipinski definition) is 0. The molecule has 0 aliphatic heterocycles. The fraction of sp³-hybridized carbons (Fsp3) is 0.647. The van der Waals surface area contributed by atoms with Gasteiger partial charge in [0, 0.05) is 0 Å². The Balaban J connectivity index is 4.26. The molecular weight excluding hydrogens is 396 g/mol. The minimum Gasteiger partial charge on any atom is -0.469 e. The van der Waals surface area contributed by atoms with Gasteiger partial charge in [-0.15, -0.1) is 0 Å². The highest BCUT2D eigenvalue weighted by molar-refractivity contribution is 6.19. The van der Waals surface area contributed by atoms with Crippen molar-refractivity contribution < 1.29 is 57.2 Å². The van der Waals surface area contributed by atoms with Gasteiger partial charge in [-0.2, -0.15) is 0 Å². The van der Waals surface area contributed by atoms with Gasteiger partial charge in [0.15, 0.2) is 0 Å². The lowest BCUT2D eigenvalue weighted by molar-refractivity contribution is -0.206. The first-order valence-electron chi connectivity index (χ1n) is 8.12. The topological polar surface area (TPSA) is 158 Å². The third-order valence-corrected chi connectivity index (χ3v) is 5.14. The van der Waals surface area contributed by atoms with Crippen molar-refractivity contribution in [3.05, 3.63) is 0 Å². The summed E-state index contributed by atoms with van der Waals surface area (Å²) in [5, 5.41) is 0. The van der Waals surface area contributed by atoms with Gasteiger partial charge in [-0.3, -0.25) is 28.8 Å². The summed E-state index contributed by atoms with van der Waals surface area (Å²) in [6.45, 7) is 0. The van der Waals surface area contributed by atoms with Gasteiger partial charge in [-0.1, -0.05) is 0 Å². The van der Waals surface area contributed by atoms with Crippen LogP contribution in [0.5, 0.6) is 0 Å². The lowest BCUT2D eigenvalue weighted by Gasteiger charge is -2.40. The maximum atomic E-state index is 13.0. The van der Waals surface area contributed by atoms with Crippen molar-refractivity contribution >= 4 is 35.8 Å². The van der Waals surface area contributed by atoms with Gasteiger partial charge in [0.25, 0.3) is 0 Å². The summed E-state index contributed by atoms with van der Waals surface area (Å²) in [5.74, 6) is -12.0. The molecule has 1 rings (SSSR count). The summed E-state index contributed by atoms with van der Waals surface area (Å²) >= 11 is 0. The van der Waals surface area contributed by atoms with E-state index in [9.17, 15) is 28.8 Å². The summed E-state index contributed by atoms with van der Waals surface area (Å²) in [5.41, 5.74) is -5.97. The highest BCUT2D eigenvalue weighted by Gasteiger charge is 2.85. The molecule has 0 spiro atoms. The number of ether oxygens (including phenoxy) is 6. The van der Waals surface area contributed by atoms with Crippen LogP contribution in [0.25, 0.3) is 0 Å². The van der Waals surface area contributed by atoms with E-state index >= 15 is 0 Å². The van der Waals surface area contributed by atoms with Crippen LogP contribution < -0.4 is 0 Å². The van der Waals surface area contributed by atoms with Crippen LogP contribution in [0.15, 0.2) is 0 Å². The van der Waals surface area contributed by atoms with Crippen molar-refractivity contribution in [3.8, 4) is 0 Å². The van der Waals surface area contributed by atoms with E-state index in [1.165, 1.54) is 0 Å². The van der Waals surface area contributed by atoms with Crippen molar-refractivity contribution in [1.82, 2.24) is 0 Å². The molecule has 1 aliphatic rings. The smallest absolute Gasteiger partial charge is 0.326 e. The lowest BCUT2D eigenvalue weighted by Crippen LogP contribution is -2.65. The van der Waals surface area contributed by atoms with E-state index in [-0.39, 0.29) is 0 Å². The van der Waals surface area contributed by atoms with Crippen LogP contribution in [0, 0.1) is 22.7 Å². The number of hydrogen-bond acceptors (Lipinski definition) is 12. The predicted octanol–water partition coefficient (Wildman–Crippen LogP) is -1.37. The van der Waals surface area contributed by atoms with Gasteiger partial charge in [-0.25, -0.2) is 0 Å². The Morgan fingerprint density at radius 1 is 0.517 bits per heavy atom. The third-order valence-electron chi connectivity index (χ3n) is 5.14. The van der Waals surface area contributed by atoms with Gasteiger partial charge in [0.1, 0.15) is 0 Å². The Bertz CT molecular complexity index is 632. The van der Waals surface area contributed by atoms with E-state index < -0.39 is 64.9 Å². The Hall–Kier alpha value is -3.18. The van der Waals surface area contributed by atoms with E-state index in [4.69, 9.17) is 0 Å². The molecule has 0 radical (unpaired) electrons. The third kappa shape index (κ3) is 2.98. The van der Waals surface area contributed by atoms with Crippen LogP contribution in [-0.4, -0.2) is 78.5 Å². The highest BCUT2D eigenvalue weighted by Crippen LogP contribution is 2.62. The molecule has 0 aromatic rings. The average Bonchev–Trinajstić information content (AvgIpc) is 3.08. The van der Waals surface area contributed by atoms with Crippen LogP contribution in [-0.2, 0) is 57.2 Å². The van der Waals surface area contributed by atoms with Crippen molar-refractivity contribution in [2.45, 2.75) is 6.42 Å². The molecular formula is C17H22O12. The molecule has 0 amide bonds. The fourth-order valence-corrected chi connectivity index (χ4v) is 3.99. The number of carbonyl (C=O) groups excluding carboxylic acids is 6. The minimum absolute atomic E-state index is 0.673. The van der Waals surface area contributed by atoms with Crippen molar-refractivity contribution in [2.24, 2.45) is 22.7 Å².